The average Bonchev–Trinajstić information content (AvgIpc) is 2.67. The summed E-state index contributed by atoms with van der Waals surface area (Å²) in [6, 6.07) is 15.0. The van der Waals surface area contributed by atoms with Gasteiger partial charge in [0.05, 0.1) is 6.21 Å². The van der Waals surface area contributed by atoms with Gasteiger partial charge in [-0.05, 0) is 60.4 Å². The summed E-state index contributed by atoms with van der Waals surface area (Å²) >= 11 is 0. The first-order valence-electron chi connectivity index (χ1n) is 9.62. The second kappa shape index (κ2) is 11.7. The van der Waals surface area contributed by atoms with Crippen LogP contribution in [0.25, 0.3) is 0 Å². The second-order valence-corrected chi connectivity index (χ2v) is 6.57. The van der Waals surface area contributed by atoms with Crippen molar-refractivity contribution in [2.24, 2.45) is 10.8 Å². The van der Waals surface area contributed by atoms with Crippen molar-refractivity contribution in [1.29, 1.82) is 0 Å². The standard InChI is InChI=1S/C22H29N3O2/c1-2-3-4-5-6-7-8-18-9-13-20(14-10-18)27-21-15-11-19(12-16-21)17-24-25-22(23)26/h9-17H,2-8H2,1H3,(H3,23,25,26)/b24-17+. The predicted octanol–water partition coefficient (Wildman–Crippen LogP) is 5.38. The zero-order valence-corrected chi connectivity index (χ0v) is 16.0. The van der Waals surface area contributed by atoms with Crippen LogP contribution in [0.5, 0.6) is 11.5 Å². The third kappa shape index (κ3) is 8.40. The Hall–Kier alpha value is -2.82. The van der Waals surface area contributed by atoms with E-state index in [0.29, 0.717) is 0 Å². The number of benzene rings is 2. The number of carbonyl (C=O) groups excluding carboxylic acids is 1. The van der Waals surface area contributed by atoms with E-state index in [1.54, 1.807) is 0 Å². The molecule has 3 N–H and O–H groups in total. The van der Waals surface area contributed by atoms with Gasteiger partial charge in [0.1, 0.15) is 11.5 Å². The number of nitrogens with zero attached hydrogens (tertiary/aromatic N) is 1. The molecule has 0 spiro atoms. The van der Waals surface area contributed by atoms with E-state index in [-0.39, 0.29) is 0 Å². The normalized spacial score (nSPS) is 10.9. The van der Waals surface area contributed by atoms with Crippen LogP contribution in [0.3, 0.4) is 0 Å². The third-order valence-corrected chi connectivity index (χ3v) is 4.25. The Morgan fingerprint density at radius 2 is 1.56 bits per heavy atom. The topological polar surface area (TPSA) is 76.7 Å². The maximum Gasteiger partial charge on any atom is 0.332 e. The number of primary amides is 1. The van der Waals surface area contributed by atoms with E-state index < -0.39 is 6.03 Å². The SMILES string of the molecule is CCCCCCCCc1ccc(Oc2ccc(/C=N/NC(N)=O)cc2)cc1. The Morgan fingerprint density at radius 3 is 2.19 bits per heavy atom. The molecule has 0 heterocycles. The lowest BCUT2D eigenvalue weighted by Crippen LogP contribution is -2.24. The summed E-state index contributed by atoms with van der Waals surface area (Å²) in [5, 5.41) is 3.72. The monoisotopic (exact) mass is 367 g/mol. The zero-order chi connectivity index (χ0) is 19.3. The van der Waals surface area contributed by atoms with Crippen LogP contribution in [0.1, 0.15) is 56.6 Å². The molecule has 5 nitrogen and oxygen atoms in total. The van der Waals surface area contributed by atoms with Gasteiger partial charge in [0.2, 0.25) is 0 Å². The first-order chi connectivity index (χ1) is 13.2. The number of nitrogens with two attached hydrogens (primary N) is 1. The Labute approximate surface area is 161 Å². The van der Waals surface area contributed by atoms with Gasteiger partial charge in [0.15, 0.2) is 0 Å². The van der Waals surface area contributed by atoms with Gasteiger partial charge in [-0.1, -0.05) is 51.2 Å². The van der Waals surface area contributed by atoms with Crippen molar-refractivity contribution in [3.8, 4) is 11.5 Å². The maximum absolute atomic E-state index is 10.6. The fourth-order valence-electron chi connectivity index (χ4n) is 2.76. The lowest BCUT2D eigenvalue weighted by atomic mass is 10.0. The molecule has 0 bridgehead atoms. The molecule has 27 heavy (non-hydrogen) atoms. The number of hydrogen-bond donors (Lipinski definition) is 2. The summed E-state index contributed by atoms with van der Waals surface area (Å²) in [5.41, 5.74) is 9.29. The lowest BCUT2D eigenvalue weighted by Gasteiger charge is -2.07. The number of urea groups is 1. The van der Waals surface area contributed by atoms with Crippen LogP contribution in [0.2, 0.25) is 0 Å². The molecule has 0 saturated carbocycles. The van der Waals surface area contributed by atoms with Crippen molar-refractivity contribution >= 4 is 12.2 Å². The number of carbonyl (C=O) groups is 1. The van der Waals surface area contributed by atoms with E-state index in [2.05, 4.69) is 29.6 Å². The van der Waals surface area contributed by atoms with Crippen LogP contribution in [0.15, 0.2) is 53.6 Å². The highest BCUT2D eigenvalue weighted by Gasteiger charge is 1.99. The summed E-state index contributed by atoms with van der Waals surface area (Å²) < 4.78 is 5.87. The van der Waals surface area contributed by atoms with Crippen LogP contribution in [-0.2, 0) is 6.42 Å². The van der Waals surface area contributed by atoms with E-state index in [1.165, 1.54) is 50.3 Å². The van der Waals surface area contributed by atoms with E-state index in [4.69, 9.17) is 10.5 Å². The highest BCUT2D eigenvalue weighted by Crippen LogP contribution is 2.22. The van der Waals surface area contributed by atoms with Gasteiger partial charge in [-0.2, -0.15) is 5.10 Å². The van der Waals surface area contributed by atoms with Crippen LogP contribution >= 0.6 is 0 Å². The molecule has 0 aliphatic carbocycles. The van der Waals surface area contributed by atoms with Crippen molar-refractivity contribution in [1.82, 2.24) is 5.43 Å². The lowest BCUT2D eigenvalue weighted by molar-refractivity contribution is 0.249. The summed E-state index contributed by atoms with van der Waals surface area (Å²) in [7, 11) is 0. The van der Waals surface area contributed by atoms with E-state index >= 15 is 0 Å². The molecular weight excluding hydrogens is 338 g/mol. The van der Waals surface area contributed by atoms with Crippen molar-refractivity contribution in [3.05, 3.63) is 59.7 Å². The molecule has 2 rings (SSSR count). The molecule has 5 heteroatoms. The van der Waals surface area contributed by atoms with Crippen LogP contribution in [-0.4, -0.2) is 12.2 Å². The molecule has 0 atom stereocenters. The highest BCUT2D eigenvalue weighted by atomic mass is 16.5. The number of rotatable bonds is 11. The minimum Gasteiger partial charge on any atom is -0.457 e. The van der Waals surface area contributed by atoms with Gasteiger partial charge in [-0.3, -0.25) is 0 Å². The summed E-state index contributed by atoms with van der Waals surface area (Å²) in [6.45, 7) is 2.25. The van der Waals surface area contributed by atoms with Crippen LogP contribution in [0.4, 0.5) is 4.79 Å². The van der Waals surface area contributed by atoms with E-state index in [0.717, 1.165) is 23.5 Å². The fourth-order valence-corrected chi connectivity index (χ4v) is 2.76. The largest absolute Gasteiger partial charge is 0.457 e. The minimum atomic E-state index is -0.689. The van der Waals surface area contributed by atoms with Gasteiger partial charge in [-0.25, -0.2) is 10.2 Å². The molecule has 0 aromatic heterocycles. The Bertz CT molecular complexity index is 709. The number of ether oxygens (including phenoxy) is 1. The average molecular weight is 367 g/mol. The molecule has 0 aliphatic heterocycles. The van der Waals surface area contributed by atoms with Crippen molar-refractivity contribution in [3.63, 3.8) is 0 Å². The number of hydrogen-bond acceptors (Lipinski definition) is 3. The maximum atomic E-state index is 10.6. The number of amides is 2. The minimum absolute atomic E-state index is 0.689. The second-order valence-electron chi connectivity index (χ2n) is 6.57. The van der Waals surface area contributed by atoms with Gasteiger partial charge in [0.25, 0.3) is 0 Å². The van der Waals surface area contributed by atoms with Crippen molar-refractivity contribution < 1.29 is 9.53 Å². The van der Waals surface area contributed by atoms with Crippen molar-refractivity contribution in [2.45, 2.75) is 51.9 Å². The summed E-state index contributed by atoms with van der Waals surface area (Å²) in [4.78, 5) is 10.6. The van der Waals surface area contributed by atoms with Gasteiger partial charge >= 0.3 is 6.03 Å². The quantitative estimate of drug-likeness (QED) is 0.317. The van der Waals surface area contributed by atoms with Crippen LogP contribution in [0, 0.1) is 0 Å². The van der Waals surface area contributed by atoms with E-state index in [1.807, 2.05) is 36.4 Å². The third-order valence-electron chi connectivity index (χ3n) is 4.25. The number of hydrazone groups is 1. The molecule has 0 saturated heterocycles. The smallest absolute Gasteiger partial charge is 0.332 e. The predicted molar refractivity (Wildman–Crippen MR) is 110 cm³/mol. The molecule has 0 radical (unpaired) electrons. The first kappa shape index (κ1) is 20.5. The Balaban J connectivity index is 1.77. The number of unbranched alkanes of at least 4 members (excludes halogenated alkanes) is 5. The van der Waals surface area contributed by atoms with Crippen molar-refractivity contribution in [2.75, 3.05) is 0 Å². The molecule has 2 aromatic rings. The number of nitrogens with one attached hydrogen (secondary N) is 1. The summed E-state index contributed by atoms with van der Waals surface area (Å²) in [6.07, 6.45) is 10.5. The molecule has 2 aromatic carbocycles. The molecule has 0 fully saturated rings. The molecular formula is C22H29N3O2. The summed E-state index contributed by atoms with van der Waals surface area (Å²) in [5.74, 6) is 1.57. The van der Waals surface area contributed by atoms with Gasteiger partial charge in [0, 0.05) is 0 Å². The molecule has 2 amide bonds. The Morgan fingerprint density at radius 1 is 0.963 bits per heavy atom. The highest BCUT2D eigenvalue weighted by molar-refractivity contribution is 5.81. The molecule has 0 aliphatic rings. The first-order valence-corrected chi connectivity index (χ1v) is 9.62. The Kier molecular flexibility index (Phi) is 8.90. The molecule has 144 valence electrons. The van der Waals surface area contributed by atoms with Gasteiger partial charge < -0.3 is 10.5 Å². The van der Waals surface area contributed by atoms with Crippen LogP contribution < -0.4 is 15.9 Å². The zero-order valence-electron chi connectivity index (χ0n) is 16.0. The van der Waals surface area contributed by atoms with E-state index in [9.17, 15) is 4.79 Å². The fraction of sp³-hybridized carbons (Fsp3) is 0.364. The van der Waals surface area contributed by atoms with Gasteiger partial charge in [-0.15, -0.1) is 0 Å². The molecule has 0 unspecified atom stereocenters. The number of aryl methyl sites for hydroxylation is 1.